The van der Waals surface area contributed by atoms with Gasteiger partial charge in [0.2, 0.25) is 0 Å². The van der Waals surface area contributed by atoms with Gasteiger partial charge in [-0.2, -0.15) is 0 Å². The van der Waals surface area contributed by atoms with E-state index in [0.717, 1.165) is 12.3 Å². The number of thiol groups is 1. The van der Waals surface area contributed by atoms with E-state index in [1.807, 2.05) is 0 Å². The molecule has 0 saturated carbocycles. The van der Waals surface area contributed by atoms with Crippen molar-refractivity contribution in [3.8, 4) is 0 Å². The molecule has 0 spiro atoms. The number of hydrogen-bond donors (Lipinski definition) is 1. The molecule has 13 heavy (non-hydrogen) atoms. The molecule has 0 aromatic rings. The Morgan fingerprint density at radius 2 is 1.69 bits per heavy atom. The van der Waals surface area contributed by atoms with E-state index in [2.05, 4.69) is 26.5 Å². The van der Waals surface area contributed by atoms with Gasteiger partial charge in [-0.1, -0.05) is 39.5 Å². The van der Waals surface area contributed by atoms with E-state index in [1.54, 1.807) is 0 Å². The molecule has 0 heterocycles. The molecular weight excluding hydrogens is 287 g/mol. The number of carbonyl (C=O) groups excluding carboxylic acids is 1. The summed E-state index contributed by atoms with van der Waals surface area (Å²) in [5.74, 6) is 0.816. The first-order chi connectivity index (χ1) is 5.63. The second-order valence-corrected chi connectivity index (χ2v) is 4.24. The van der Waals surface area contributed by atoms with E-state index in [0.29, 0.717) is 6.42 Å². The van der Waals surface area contributed by atoms with Gasteiger partial charge in [-0.25, -0.2) is 0 Å². The molecular formula is C10H20OSSn. The van der Waals surface area contributed by atoms with Crippen LogP contribution in [0, 0.1) is 5.92 Å². The van der Waals surface area contributed by atoms with Crippen LogP contribution in [0.1, 0.15) is 52.4 Å². The van der Waals surface area contributed by atoms with Gasteiger partial charge in [0.05, 0.1) is 0 Å². The largest absolute Gasteiger partial charge is 0.288 e. The summed E-state index contributed by atoms with van der Waals surface area (Å²) in [6, 6.07) is 0. The molecule has 0 aliphatic rings. The first-order valence-electron chi connectivity index (χ1n) is 4.84. The summed E-state index contributed by atoms with van der Waals surface area (Å²) in [6.07, 6.45) is 6.72. The Hall–Kier alpha value is 0.819. The zero-order chi connectivity index (χ0) is 9.40. The maximum absolute atomic E-state index is 10.4. The van der Waals surface area contributed by atoms with E-state index in [9.17, 15) is 4.79 Å². The van der Waals surface area contributed by atoms with Gasteiger partial charge in [-0.3, -0.25) is 4.79 Å². The molecule has 76 valence electrons. The third-order valence-electron chi connectivity index (χ3n) is 1.92. The van der Waals surface area contributed by atoms with Crippen molar-refractivity contribution in [1.29, 1.82) is 0 Å². The summed E-state index contributed by atoms with van der Waals surface area (Å²) in [6.45, 7) is 4.49. The summed E-state index contributed by atoms with van der Waals surface area (Å²) < 4.78 is 0. The molecule has 0 rings (SSSR count). The van der Waals surface area contributed by atoms with Crippen molar-refractivity contribution in [2.75, 3.05) is 0 Å². The summed E-state index contributed by atoms with van der Waals surface area (Å²) in [7, 11) is 0. The standard InChI is InChI=1S/C10H20OS.Sn/c1-9(2)7-5-3-4-6-8-10(11)12;/h9H,3-8H2,1-2H3,(H,11,12);. The summed E-state index contributed by atoms with van der Waals surface area (Å²) in [4.78, 5) is 10.4. The van der Waals surface area contributed by atoms with Crippen molar-refractivity contribution in [1.82, 2.24) is 0 Å². The normalized spacial score (nSPS) is 9.85. The average molecular weight is 307 g/mol. The molecule has 0 saturated heterocycles. The van der Waals surface area contributed by atoms with Crippen molar-refractivity contribution in [3.05, 3.63) is 0 Å². The molecule has 0 bridgehead atoms. The number of carbonyl (C=O) groups is 1. The van der Waals surface area contributed by atoms with Crippen LogP contribution in [0.4, 0.5) is 0 Å². The van der Waals surface area contributed by atoms with Crippen LogP contribution in [0.25, 0.3) is 0 Å². The molecule has 0 N–H and O–H groups in total. The van der Waals surface area contributed by atoms with Crippen LogP contribution in [-0.2, 0) is 4.79 Å². The van der Waals surface area contributed by atoms with E-state index in [4.69, 9.17) is 0 Å². The van der Waals surface area contributed by atoms with Gasteiger partial charge in [0.1, 0.15) is 0 Å². The summed E-state index contributed by atoms with van der Waals surface area (Å²) >= 11 is 3.72. The van der Waals surface area contributed by atoms with Gasteiger partial charge in [-0.05, 0) is 12.3 Å². The van der Waals surface area contributed by atoms with E-state index < -0.39 is 0 Å². The van der Waals surface area contributed by atoms with Gasteiger partial charge < -0.3 is 0 Å². The Morgan fingerprint density at radius 1 is 1.15 bits per heavy atom. The Kier molecular flexibility index (Phi) is 13.6. The van der Waals surface area contributed by atoms with Crippen LogP contribution in [0.5, 0.6) is 0 Å². The van der Waals surface area contributed by atoms with Crippen LogP contribution >= 0.6 is 12.6 Å². The fourth-order valence-corrected chi connectivity index (χ4v) is 1.34. The second kappa shape index (κ2) is 10.9. The molecule has 0 fully saturated rings. The number of hydrogen-bond acceptors (Lipinski definition) is 1. The predicted octanol–water partition coefficient (Wildman–Crippen LogP) is 3.06. The Bertz CT molecular complexity index is 126. The first kappa shape index (κ1) is 16.3. The van der Waals surface area contributed by atoms with Crippen LogP contribution in [0.15, 0.2) is 0 Å². The minimum atomic E-state index is 0. The molecule has 0 atom stereocenters. The monoisotopic (exact) mass is 308 g/mol. The van der Waals surface area contributed by atoms with E-state index in [1.165, 1.54) is 25.7 Å². The number of rotatable bonds is 7. The molecule has 4 radical (unpaired) electrons. The summed E-state index contributed by atoms with van der Waals surface area (Å²) in [5.41, 5.74) is 0. The maximum atomic E-state index is 10.4. The van der Waals surface area contributed by atoms with Gasteiger partial charge in [0.15, 0.2) is 5.12 Å². The van der Waals surface area contributed by atoms with Gasteiger partial charge in [-0.15, -0.1) is 12.6 Å². The predicted molar refractivity (Wildman–Crippen MR) is 62.3 cm³/mol. The molecule has 0 amide bonds. The second-order valence-electron chi connectivity index (χ2n) is 3.74. The molecule has 0 aromatic carbocycles. The Labute approximate surface area is 104 Å². The molecule has 1 nitrogen and oxygen atoms in total. The Balaban J connectivity index is 0. The molecule has 0 aromatic heterocycles. The van der Waals surface area contributed by atoms with Gasteiger partial charge in [0.25, 0.3) is 0 Å². The van der Waals surface area contributed by atoms with Crippen LogP contribution < -0.4 is 0 Å². The Morgan fingerprint density at radius 3 is 2.15 bits per heavy atom. The van der Waals surface area contributed by atoms with Crippen molar-refractivity contribution in [2.24, 2.45) is 5.92 Å². The quantitative estimate of drug-likeness (QED) is 0.434. The minimum Gasteiger partial charge on any atom is -0.288 e. The third kappa shape index (κ3) is 15.6. The average Bonchev–Trinajstić information content (AvgIpc) is 1.95. The van der Waals surface area contributed by atoms with Crippen molar-refractivity contribution in [3.63, 3.8) is 0 Å². The SMILES string of the molecule is CC(C)CCCCCCC(=O)S.[Sn]. The van der Waals surface area contributed by atoms with Gasteiger partial charge in [0, 0.05) is 30.3 Å². The summed E-state index contributed by atoms with van der Waals surface area (Å²) in [5, 5.41) is 0.0267. The number of unbranched alkanes of at least 4 members (excludes halogenated alkanes) is 3. The topological polar surface area (TPSA) is 17.1 Å². The fourth-order valence-electron chi connectivity index (χ4n) is 1.18. The third-order valence-corrected chi connectivity index (χ3v) is 2.15. The maximum Gasteiger partial charge on any atom is 0.185 e. The van der Waals surface area contributed by atoms with Crippen molar-refractivity contribution < 1.29 is 4.79 Å². The van der Waals surface area contributed by atoms with E-state index >= 15 is 0 Å². The van der Waals surface area contributed by atoms with Crippen LogP contribution in [0.2, 0.25) is 0 Å². The molecule has 0 unspecified atom stereocenters. The fraction of sp³-hybridized carbons (Fsp3) is 0.900. The van der Waals surface area contributed by atoms with Crippen LogP contribution in [0.3, 0.4) is 0 Å². The first-order valence-corrected chi connectivity index (χ1v) is 5.29. The smallest absolute Gasteiger partial charge is 0.185 e. The zero-order valence-corrected chi connectivity index (χ0v) is 12.4. The van der Waals surface area contributed by atoms with Crippen LogP contribution in [-0.4, -0.2) is 29.0 Å². The molecule has 0 aliphatic heterocycles. The van der Waals surface area contributed by atoms with Crippen molar-refractivity contribution in [2.45, 2.75) is 52.4 Å². The van der Waals surface area contributed by atoms with E-state index in [-0.39, 0.29) is 29.0 Å². The zero-order valence-electron chi connectivity index (χ0n) is 8.68. The minimum absolute atomic E-state index is 0. The molecule has 3 heteroatoms. The van der Waals surface area contributed by atoms with Gasteiger partial charge >= 0.3 is 0 Å². The van der Waals surface area contributed by atoms with Crippen molar-refractivity contribution >= 4 is 41.7 Å². The molecule has 0 aliphatic carbocycles.